The molecule has 0 N–H and O–H groups in total. The topological polar surface area (TPSA) is 12.9 Å². The second-order valence-corrected chi connectivity index (χ2v) is 3.65. The van der Waals surface area contributed by atoms with Gasteiger partial charge in [0.05, 0.1) is 0 Å². The summed E-state index contributed by atoms with van der Waals surface area (Å²) >= 11 is 2.23. The van der Waals surface area contributed by atoms with Gasteiger partial charge >= 0.3 is 0 Å². The molecule has 0 radical (unpaired) electrons. The van der Waals surface area contributed by atoms with Crippen molar-refractivity contribution < 1.29 is 0 Å². The van der Waals surface area contributed by atoms with Crippen molar-refractivity contribution in [1.82, 2.24) is 4.98 Å². The van der Waals surface area contributed by atoms with Gasteiger partial charge in [-0.05, 0) is 40.6 Å². The minimum absolute atomic E-state index is 0.537. The van der Waals surface area contributed by atoms with Crippen LogP contribution in [0.2, 0.25) is 0 Å². The van der Waals surface area contributed by atoms with Crippen LogP contribution in [-0.2, 0) is 0 Å². The Balaban J connectivity index is 2.96. The summed E-state index contributed by atoms with van der Waals surface area (Å²) in [7, 11) is 0. The monoisotopic (exact) mass is 247 g/mol. The fourth-order valence-electron chi connectivity index (χ4n) is 0.746. The molecule has 1 nitrogen and oxygen atoms in total. The Morgan fingerprint density at radius 1 is 1.40 bits per heavy atom. The molecule has 0 bridgehead atoms. The first-order valence-corrected chi connectivity index (χ1v) is 4.40. The molecule has 1 rings (SSSR count). The average Bonchev–Trinajstić information content (AvgIpc) is 1.88. The molecule has 0 saturated heterocycles. The Hall–Kier alpha value is -0.120. The van der Waals surface area contributed by atoms with Gasteiger partial charge in [-0.3, -0.25) is 0 Å². The lowest BCUT2D eigenvalue weighted by molar-refractivity contribution is 0.818. The fraction of sp³-hybridized carbons (Fsp3) is 0.375. The SMILES string of the molecule is CC(C)c1cccc(I)n1. The van der Waals surface area contributed by atoms with Gasteiger partial charge in [0.1, 0.15) is 3.70 Å². The van der Waals surface area contributed by atoms with E-state index in [2.05, 4.69) is 47.5 Å². The van der Waals surface area contributed by atoms with Crippen molar-refractivity contribution in [3.8, 4) is 0 Å². The molecule has 54 valence electrons. The van der Waals surface area contributed by atoms with Gasteiger partial charge in [-0.1, -0.05) is 19.9 Å². The number of pyridine rings is 1. The van der Waals surface area contributed by atoms with E-state index in [0.717, 1.165) is 3.70 Å². The van der Waals surface area contributed by atoms with Gasteiger partial charge in [0.2, 0.25) is 0 Å². The first-order chi connectivity index (χ1) is 4.70. The molecule has 0 aromatic carbocycles. The fourth-order valence-corrected chi connectivity index (χ4v) is 1.23. The van der Waals surface area contributed by atoms with Gasteiger partial charge in [0.15, 0.2) is 0 Å². The lowest BCUT2D eigenvalue weighted by Gasteiger charge is -2.02. The van der Waals surface area contributed by atoms with E-state index in [0.29, 0.717) is 5.92 Å². The quantitative estimate of drug-likeness (QED) is 0.549. The summed E-state index contributed by atoms with van der Waals surface area (Å²) in [5, 5.41) is 0. The van der Waals surface area contributed by atoms with Crippen LogP contribution in [0, 0.1) is 3.70 Å². The maximum atomic E-state index is 4.36. The number of nitrogens with zero attached hydrogens (tertiary/aromatic N) is 1. The van der Waals surface area contributed by atoms with Crippen molar-refractivity contribution in [2.24, 2.45) is 0 Å². The first kappa shape index (κ1) is 7.98. The lowest BCUT2D eigenvalue weighted by Crippen LogP contribution is -1.92. The second kappa shape index (κ2) is 3.32. The Bertz CT molecular complexity index is 220. The van der Waals surface area contributed by atoms with E-state index in [1.165, 1.54) is 5.69 Å². The zero-order valence-electron chi connectivity index (χ0n) is 6.13. The summed E-state index contributed by atoms with van der Waals surface area (Å²) in [5.74, 6) is 0.537. The van der Waals surface area contributed by atoms with Crippen LogP contribution in [0.4, 0.5) is 0 Å². The zero-order chi connectivity index (χ0) is 7.56. The Morgan fingerprint density at radius 3 is 2.50 bits per heavy atom. The number of halogens is 1. The van der Waals surface area contributed by atoms with Crippen LogP contribution in [0.5, 0.6) is 0 Å². The largest absolute Gasteiger partial charge is 0.247 e. The predicted octanol–water partition coefficient (Wildman–Crippen LogP) is 2.81. The minimum Gasteiger partial charge on any atom is -0.247 e. The third kappa shape index (κ3) is 1.94. The van der Waals surface area contributed by atoms with Crippen LogP contribution in [0.3, 0.4) is 0 Å². The molecule has 0 aliphatic carbocycles. The van der Waals surface area contributed by atoms with Gasteiger partial charge in [-0.2, -0.15) is 0 Å². The molecule has 0 aliphatic rings. The summed E-state index contributed by atoms with van der Waals surface area (Å²) in [4.78, 5) is 4.36. The maximum absolute atomic E-state index is 4.36. The summed E-state index contributed by atoms with van der Waals surface area (Å²) in [6, 6.07) is 6.11. The summed E-state index contributed by atoms with van der Waals surface area (Å²) < 4.78 is 1.07. The molecule has 10 heavy (non-hydrogen) atoms. The first-order valence-electron chi connectivity index (χ1n) is 3.32. The molecular weight excluding hydrogens is 237 g/mol. The average molecular weight is 247 g/mol. The minimum atomic E-state index is 0.537. The van der Waals surface area contributed by atoms with Crippen molar-refractivity contribution in [3.63, 3.8) is 0 Å². The zero-order valence-corrected chi connectivity index (χ0v) is 8.29. The van der Waals surface area contributed by atoms with E-state index in [-0.39, 0.29) is 0 Å². The number of hydrogen-bond acceptors (Lipinski definition) is 1. The third-order valence-corrected chi connectivity index (χ3v) is 1.93. The molecule has 0 spiro atoms. The highest BCUT2D eigenvalue weighted by molar-refractivity contribution is 14.1. The molecule has 1 heterocycles. The van der Waals surface area contributed by atoms with Crippen molar-refractivity contribution in [3.05, 3.63) is 27.6 Å². The molecule has 1 aromatic heterocycles. The van der Waals surface area contributed by atoms with Crippen molar-refractivity contribution >= 4 is 22.6 Å². The standard InChI is InChI=1S/C8H10IN/c1-6(2)7-4-3-5-8(9)10-7/h3-6H,1-2H3. The molecule has 0 amide bonds. The molecule has 0 aliphatic heterocycles. The molecule has 0 saturated carbocycles. The second-order valence-electron chi connectivity index (χ2n) is 2.54. The highest BCUT2D eigenvalue weighted by atomic mass is 127. The summed E-state index contributed by atoms with van der Waals surface area (Å²) in [6.07, 6.45) is 0. The van der Waals surface area contributed by atoms with Crippen molar-refractivity contribution in [1.29, 1.82) is 0 Å². The molecule has 0 atom stereocenters. The normalized spacial score (nSPS) is 10.4. The molecule has 0 fully saturated rings. The van der Waals surface area contributed by atoms with Crippen molar-refractivity contribution in [2.75, 3.05) is 0 Å². The van der Waals surface area contributed by atoms with E-state index in [4.69, 9.17) is 0 Å². The van der Waals surface area contributed by atoms with E-state index < -0.39 is 0 Å². The molecule has 2 heteroatoms. The predicted molar refractivity (Wildman–Crippen MR) is 51.0 cm³/mol. The van der Waals surface area contributed by atoms with E-state index in [1.54, 1.807) is 0 Å². The molecule has 1 aromatic rings. The maximum Gasteiger partial charge on any atom is 0.101 e. The van der Waals surface area contributed by atoms with Gasteiger partial charge in [0.25, 0.3) is 0 Å². The lowest BCUT2D eigenvalue weighted by atomic mass is 10.1. The highest BCUT2D eigenvalue weighted by Crippen LogP contribution is 2.11. The van der Waals surface area contributed by atoms with E-state index in [9.17, 15) is 0 Å². The van der Waals surface area contributed by atoms with Crippen LogP contribution in [-0.4, -0.2) is 4.98 Å². The van der Waals surface area contributed by atoms with E-state index in [1.807, 2.05) is 12.1 Å². The summed E-state index contributed by atoms with van der Waals surface area (Å²) in [5.41, 5.74) is 1.17. The van der Waals surface area contributed by atoms with Gasteiger partial charge in [-0.15, -0.1) is 0 Å². The number of aromatic nitrogens is 1. The Kier molecular flexibility index (Phi) is 2.65. The molecular formula is C8H10IN. The van der Waals surface area contributed by atoms with Gasteiger partial charge < -0.3 is 0 Å². The van der Waals surface area contributed by atoms with E-state index >= 15 is 0 Å². The third-order valence-electron chi connectivity index (χ3n) is 1.33. The van der Waals surface area contributed by atoms with Crippen LogP contribution in [0.15, 0.2) is 18.2 Å². The van der Waals surface area contributed by atoms with Crippen LogP contribution in [0.25, 0.3) is 0 Å². The number of rotatable bonds is 1. The Labute approximate surface area is 75.0 Å². The number of hydrogen-bond donors (Lipinski definition) is 0. The molecule has 0 unspecified atom stereocenters. The van der Waals surface area contributed by atoms with Crippen LogP contribution >= 0.6 is 22.6 Å². The van der Waals surface area contributed by atoms with Crippen LogP contribution in [0.1, 0.15) is 25.5 Å². The van der Waals surface area contributed by atoms with Crippen LogP contribution < -0.4 is 0 Å². The van der Waals surface area contributed by atoms with Gasteiger partial charge in [0, 0.05) is 5.69 Å². The van der Waals surface area contributed by atoms with Crippen molar-refractivity contribution in [2.45, 2.75) is 19.8 Å². The highest BCUT2D eigenvalue weighted by Gasteiger charge is 1.98. The smallest absolute Gasteiger partial charge is 0.101 e. The van der Waals surface area contributed by atoms with Gasteiger partial charge in [-0.25, -0.2) is 4.98 Å². The summed E-state index contributed by atoms with van der Waals surface area (Å²) in [6.45, 7) is 4.30. The Morgan fingerprint density at radius 2 is 2.10 bits per heavy atom.